The third-order valence-electron chi connectivity index (χ3n) is 5.32. The van der Waals surface area contributed by atoms with Crippen molar-refractivity contribution in [1.29, 1.82) is 0 Å². The summed E-state index contributed by atoms with van der Waals surface area (Å²) in [6.07, 6.45) is 5.76. The molecule has 0 aromatic rings. The van der Waals surface area contributed by atoms with Crippen molar-refractivity contribution in [2.75, 3.05) is 0 Å². The number of fused-ring (bicyclic) bond motifs is 1. The van der Waals surface area contributed by atoms with Crippen LogP contribution < -0.4 is 0 Å². The van der Waals surface area contributed by atoms with Gasteiger partial charge >= 0.3 is 0 Å². The van der Waals surface area contributed by atoms with Crippen molar-refractivity contribution in [1.82, 2.24) is 0 Å². The predicted molar refractivity (Wildman–Crippen MR) is 67.2 cm³/mol. The average Bonchev–Trinajstić information content (AvgIpc) is 2.20. The Morgan fingerprint density at radius 2 is 2.12 bits per heavy atom. The van der Waals surface area contributed by atoms with E-state index in [0.717, 1.165) is 24.3 Å². The molecule has 0 aliphatic heterocycles. The molecule has 0 spiro atoms. The predicted octanol–water partition coefficient (Wildman–Crippen LogP) is 3.98. The lowest BCUT2D eigenvalue weighted by Gasteiger charge is -2.51. The second-order valence-electron chi connectivity index (χ2n) is 6.31. The molecule has 0 aromatic heterocycles. The number of ketones is 1. The van der Waals surface area contributed by atoms with Gasteiger partial charge in [-0.2, -0.15) is 0 Å². The van der Waals surface area contributed by atoms with Gasteiger partial charge < -0.3 is 0 Å². The van der Waals surface area contributed by atoms with E-state index in [1.807, 2.05) is 6.92 Å². The topological polar surface area (TPSA) is 17.1 Å². The molecule has 16 heavy (non-hydrogen) atoms. The molecule has 0 aromatic carbocycles. The molecule has 0 amide bonds. The maximum absolute atomic E-state index is 12.1. The Hall–Kier alpha value is -0.590. The van der Waals surface area contributed by atoms with E-state index >= 15 is 0 Å². The first-order valence-electron chi connectivity index (χ1n) is 6.63. The van der Waals surface area contributed by atoms with Gasteiger partial charge in [0.15, 0.2) is 0 Å². The summed E-state index contributed by atoms with van der Waals surface area (Å²) in [6, 6.07) is 0. The highest BCUT2D eigenvalue weighted by Crippen LogP contribution is 2.54. The molecule has 1 heteroatoms. The minimum Gasteiger partial charge on any atom is -0.299 e. The molecule has 2 aliphatic rings. The largest absolute Gasteiger partial charge is 0.299 e. The average molecular weight is 220 g/mol. The van der Waals surface area contributed by atoms with Crippen molar-refractivity contribution >= 4 is 5.78 Å². The SMILES string of the molecule is C=C(C)[C@H]1C[C@@]2(C)[C@H](CCC[C@@H]2C)CC1=O. The zero-order chi connectivity index (χ0) is 11.9. The fourth-order valence-electron chi connectivity index (χ4n) is 3.82. The van der Waals surface area contributed by atoms with Crippen molar-refractivity contribution in [2.45, 2.75) is 52.9 Å². The zero-order valence-corrected chi connectivity index (χ0v) is 10.9. The van der Waals surface area contributed by atoms with E-state index in [4.69, 9.17) is 0 Å². The molecule has 0 radical (unpaired) electrons. The van der Waals surface area contributed by atoms with Gasteiger partial charge in [0, 0.05) is 12.3 Å². The minimum atomic E-state index is 0.141. The molecular formula is C15H24O. The molecule has 0 heterocycles. The van der Waals surface area contributed by atoms with Crippen molar-refractivity contribution < 1.29 is 4.79 Å². The second kappa shape index (κ2) is 4.01. The Morgan fingerprint density at radius 3 is 2.75 bits per heavy atom. The van der Waals surface area contributed by atoms with Gasteiger partial charge in [-0.3, -0.25) is 4.79 Å². The van der Waals surface area contributed by atoms with E-state index in [0.29, 0.717) is 17.1 Å². The van der Waals surface area contributed by atoms with Crippen molar-refractivity contribution in [3.8, 4) is 0 Å². The van der Waals surface area contributed by atoms with Crippen LogP contribution in [0.1, 0.15) is 52.9 Å². The lowest BCUT2D eigenvalue weighted by Crippen LogP contribution is -2.46. The normalized spacial score (nSPS) is 43.9. The van der Waals surface area contributed by atoms with Crippen LogP contribution in [0.25, 0.3) is 0 Å². The lowest BCUT2D eigenvalue weighted by atomic mass is 9.53. The van der Waals surface area contributed by atoms with Gasteiger partial charge in [-0.15, -0.1) is 0 Å². The third-order valence-corrected chi connectivity index (χ3v) is 5.32. The molecular weight excluding hydrogens is 196 g/mol. The summed E-state index contributed by atoms with van der Waals surface area (Å²) in [4.78, 5) is 12.1. The van der Waals surface area contributed by atoms with Gasteiger partial charge in [-0.25, -0.2) is 0 Å². The van der Waals surface area contributed by atoms with Crippen LogP contribution in [0, 0.1) is 23.2 Å². The maximum Gasteiger partial charge on any atom is 0.140 e. The van der Waals surface area contributed by atoms with Gasteiger partial charge in [0.1, 0.15) is 5.78 Å². The summed E-state index contributed by atoms with van der Waals surface area (Å²) in [6.45, 7) is 10.8. The highest BCUT2D eigenvalue weighted by atomic mass is 16.1. The zero-order valence-electron chi connectivity index (χ0n) is 10.9. The van der Waals surface area contributed by atoms with Crippen LogP contribution in [0.15, 0.2) is 12.2 Å². The summed E-state index contributed by atoms with van der Waals surface area (Å²) in [5.74, 6) is 1.99. The van der Waals surface area contributed by atoms with Crippen LogP contribution in [0.2, 0.25) is 0 Å². The number of rotatable bonds is 1. The fourth-order valence-corrected chi connectivity index (χ4v) is 3.82. The number of carbonyl (C=O) groups excluding carboxylic acids is 1. The Kier molecular flexibility index (Phi) is 2.98. The maximum atomic E-state index is 12.1. The molecule has 2 fully saturated rings. The Labute approximate surface area is 99.3 Å². The minimum absolute atomic E-state index is 0.141. The highest BCUT2D eigenvalue weighted by Gasteiger charge is 2.48. The fraction of sp³-hybridized carbons (Fsp3) is 0.800. The molecule has 0 unspecified atom stereocenters. The van der Waals surface area contributed by atoms with Crippen LogP contribution in [0.3, 0.4) is 0 Å². The number of carbonyl (C=O) groups is 1. The number of hydrogen-bond donors (Lipinski definition) is 0. The first kappa shape index (κ1) is 11.9. The Morgan fingerprint density at radius 1 is 1.44 bits per heavy atom. The van der Waals surface area contributed by atoms with E-state index in [-0.39, 0.29) is 5.92 Å². The summed E-state index contributed by atoms with van der Waals surface area (Å²) in [5.41, 5.74) is 1.46. The molecule has 2 saturated carbocycles. The van der Waals surface area contributed by atoms with Gasteiger partial charge in [-0.1, -0.05) is 38.8 Å². The Bertz CT molecular complexity index is 317. The molecule has 0 N–H and O–H groups in total. The van der Waals surface area contributed by atoms with Crippen molar-refractivity contribution in [3.63, 3.8) is 0 Å². The van der Waals surface area contributed by atoms with Gasteiger partial charge in [0.25, 0.3) is 0 Å². The first-order chi connectivity index (χ1) is 7.45. The van der Waals surface area contributed by atoms with Crippen LogP contribution >= 0.6 is 0 Å². The second-order valence-corrected chi connectivity index (χ2v) is 6.31. The molecule has 0 bridgehead atoms. The van der Waals surface area contributed by atoms with Crippen LogP contribution in [-0.2, 0) is 4.79 Å². The monoisotopic (exact) mass is 220 g/mol. The van der Waals surface area contributed by atoms with Crippen molar-refractivity contribution in [3.05, 3.63) is 12.2 Å². The third kappa shape index (κ3) is 1.74. The van der Waals surface area contributed by atoms with Crippen LogP contribution in [-0.4, -0.2) is 5.78 Å². The molecule has 2 aliphatic carbocycles. The van der Waals surface area contributed by atoms with E-state index in [1.165, 1.54) is 19.3 Å². The van der Waals surface area contributed by atoms with Crippen molar-refractivity contribution in [2.24, 2.45) is 23.2 Å². The summed E-state index contributed by atoms with van der Waals surface area (Å²) in [5, 5.41) is 0. The molecule has 0 saturated heterocycles. The van der Waals surface area contributed by atoms with E-state index < -0.39 is 0 Å². The van der Waals surface area contributed by atoms with E-state index in [2.05, 4.69) is 20.4 Å². The molecule has 1 nitrogen and oxygen atoms in total. The Balaban J connectivity index is 2.25. The smallest absolute Gasteiger partial charge is 0.140 e. The quantitative estimate of drug-likeness (QED) is 0.611. The van der Waals surface area contributed by atoms with Crippen LogP contribution in [0.5, 0.6) is 0 Å². The number of allylic oxidation sites excluding steroid dienone is 1. The summed E-state index contributed by atoms with van der Waals surface area (Å²) in [7, 11) is 0. The van der Waals surface area contributed by atoms with Gasteiger partial charge in [0.2, 0.25) is 0 Å². The molecule has 2 rings (SSSR count). The molecule has 90 valence electrons. The number of Topliss-reactive ketones (excluding diaryl/α,β-unsaturated/α-hetero) is 1. The standard InChI is InChI=1S/C15H24O/c1-10(2)13-9-15(4)11(3)6-5-7-12(15)8-14(13)16/h11-13H,1,5-9H2,2-4H3/t11-,12+,13+,15+/m0/s1. The van der Waals surface area contributed by atoms with Gasteiger partial charge in [-0.05, 0) is 37.0 Å². The molecule has 4 atom stereocenters. The van der Waals surface area contributed by atoms with E-state index in [9.17, 15) is 4.79 Å². The summed E-state index contributed by atoms with van der Waals surface area (Å²) >= 11 is 0. The summed E-state index contributed by atoms with van der Waals surface area (Å²) < 4.78 is 0. The highest BCUT2D eigenvalue weighted by molar-refractivity contribution is 5.84. The number of hydrogen-bond acceptors (Lipinski definition) is 1. The first-order valence-corrected chi connectivity index (χ1v) is 6.63. The van der Waals surface area contributed by atoms with Gasteiger partial charge in [0.05, 0.1) is 0 Å². The van der Waals surface area contributed by atoms with Crippen LogP contribution in [0.4, 0.5) is 0 Å². The lowest BCUT2D eigenvalue weighted by molar-refractivity contribution is -0.132. The van der Waals surface area contributed by atoms with E-state index in [1.54, 1.807) is 0 Å².